The summed E-state index contributed by atoms with van der Waals surface area (Å²) in [5.41, 5.74) is -0.875. The van der Waals surface area contributed by atoms with Crippen molar-refractivity contribution in [3.05, 3.63) is 0 Å². The fourth-order valence-corrected chi connectivity index (χ4v) is 2.79. The molecule has 9 heteroatoms. The molecule has 0 aliphatic heterocycles. The van der Waals surface area contributed by atoms with Crippen LogP contribution >= 0.6 is 0 Å². The molecule has 0 aromatic carbocycles. The van der Waals surface area contributed by atoms with Gasteiger partial charge in [-0.25, -0.2) is 22.7 Å². The van der Waals surface area contributed by atoms with Crippen molar-refractivity contribution in [3.63, 3.8) is 0 Å². The summed E-state index contributed by atoms with van der Waals surface area (Å²) in [6.07, 6.45) is 1.64. The number of carboxylic acids is 1. The van der Waals surface area contributed by atoms with E-state index in [0.29, 0.717) is 6.42 Å². The Balaban J connectivity index is 4.53. The van der Waals surface area contributed by atoms with Gasteiger partial charge in [0.2, 0.25) is 10.0 Å². The molecule has 124 valence electrons. The summed E-state index contributed by atoms with van der Waals surface area (Å²) in [5, 5.41) is 13.9. The molecule has 0 heterocycles. The van der Waals surface area contributed by atoms with Crippen molar-refractivity contribution in [1.29, 1.82) is 0 Å². The second-order valence-corrected chi connectivity index (χ2v) is 7.54. The summed E-state index contributed by atoms with van der Waals surface area (Å²) < 4.78 is 24.7. The molecule has 2 unspecified atom stereocenters. The van der Waals surface area contributed by atoms with Gasteiger partial charge in [-0.1, -0.05) is 20.3 Å². The molecule has 0 aromatic rings. The highest BCUT2D eigenvalue weighted by Crippen LogP contribution is 2.08. The zero-order valence-electron chi connectivity index (χ0n) is 13.1. The van der Waals surface area contributed by atoms with Crippen molar-refractivity contribution in [2.75, 3.05) is 12.8 Å². The molecule has 0 bridgehead atoms. The highest BCUT2D eigenvalue weighted by atomic mass is 32.2. The van der Waals surface area contributed by atoms with Gasteiger partial charge in [0.25, 0.3) is 0 Å². The Bertz CT molecular complexity index is 475. The summed E-state index contributed by atoms with van der Waals surface area (Å²) >= 11 is 0. The Morgan fingerprint density at radius 3 is 2.19 bits per heavy atom. The molecule has 21 heavy (non-hydrogen) atoms. The van der Waals surface area contributed by atoms with Crippen LogP contribution in [0.1, 0.15) is 34.1 Å². The molecule has 0 rings (SSSR count). The number of rotatable bonds is 8. The summed E-state index contributed by atoms with van der Waals surface area (Å²) in [4.78, 5) is 22.8. The Morgan fingerprint density at radius 2 is 1.81 bits per heavy atom. The predicted octanol–water partition coefficient (Wildman–Crippen LogP) is 0.113. The van der Waals surface area contributed by atoms with E-state index in [-0.39, 0.29) is 12.5 Å². The lowest BCUT2D eigenvalue weighted by molar-refractivity contribution is -0.140. The number of carboxylic acid groups (broad SMARTS) is 1. The number of urea groups is 1. The van der Waals surface area contributed by atoms with E-state index in [1.807, 2.05) is 6.92 Å². The van der Waals surface area contributed by atoms with Crippen LogP contribution in [0.3, 0.4) is 0 Å². The Kier molecular flexibility index (Phi) is 7.11. The van der Waals surface area contributed by atoms with E-state index in [1.165, 1.54) is 0 Å². The molecule has 0 aromatic heterocycles. The van der Waals surface area contributed by atoms with Crippen LogP contribution in [-0.4, -0.2) is 49.9 Å². The minimum absolute atomic E-state index is 0.0265. The molecule has 8 nitrogen and oxygen atoms in total. The smallest absolute Gasteiger partial charge is 0.326 e. The SMILES string of the molecule is CCC(C)C(NC(=O)NCC(C)(C)NS(C)(=O)=O)C(=O)O. The van der Waals surface area contributed by atoms with E-state index in [4.69, 9.17) is 5.11 Å². The molecule has 2 atom stereocenters. The maximum Gasteiger partial charge on any atom is 0.326 e. The van der Waals surface area contributed by atoms with Crippen LogP contribution in [-0.2, 0) is 14.8 Å². The van der Waals surface area contributed by atoms with Crippen LogP contribution in [0.25, 0.3) is 0 Å². The molecule has 0 fully saturated rings. The Labute approximate surface area is 125 Å². The van der Waals surface area contributed by atoms with Gasteiger partial charge >= 0.3 is 12.0 Å². The minimum atomic E-state index is -3.40. The maximum atomic E-state index is 11.7. The molecule has 0 aliphatic rings. The van der Waals surface area contributed by atoms with Gasteiger partial charge in [-0.2, -0.15) is 0 Å². The first-order chi connectivity index (χ1) is 9.38. The third-order valence-electron chi connectivity index (χ3n) is 2.92. The first-order valence-corrected chi connectivity index (χ1v) is 8.53. The second kappa shape index (κ2) is 7.60. The zero-order chi connectivity index (χ0) is 16.8. The van der Waals surface area contributed by atoms with Crippen molar-refractivity contribution in [1.82, 2.24) is 15.4 Å². The largest absolute Gasteiger partial charge is 0.480 e. The number of hydrogen-bond donors (Lipinski definition) is 4. The van der Waals surface area contributed by atoms with Gasteiger partial charge in [0.05, 0.1) is 6.26 Å². The van der Waals surface area contributed by atoms with Crippen molar-refractivity contribution in [3.8, 4) is 0 Å². The van der Waals surface area contributed by atoms with Crippen molar-refractivity contribution in [2.45, 2.75) is 45.7 Å². The fraction of sp³-hybridized carbons (Fsp3) is 0.833. The van der Waals surface area contributed by atoms with Crippen LogP contribution < -0.4 is 15.4 Å². The van der Waals surface area contributed by atoms with Crippen molar-refractivity contribution in [2.24, 2.45) is 5.92 Å². The monoisotopic (exact) mass is 323 g/mol. The molecule has 0 saturated carbocycles. The minimum Gasteiger partial charge on any atom is -0.480 e. The van der Waals surface area contributed by atoms with E-state index in [0.717, 1.165) is 6.26 Å². The fourth-order valence-electron chi connectivity index (χ4n) is 1.71. The molecular weight excluding hydrogens is 298 g/mol. The molecule has 4 N–H and O–H groups in total. The van der Waals surface area contributed by atoms with Crippen molar-refractivity contribution < 1.29 is 23.1 Å². The number of aliphatic carboxylic acids is 1. The molecule has 0 aliphatic carbocycles. The van der Waals surface area contributed by atoms with Gasteiger partial charge in [0, 0.05) is 12.1 Å². The van der Waals surface area contributed by atoms with Gasteiger partial charge in [-0.3, -0.25) is 0 Å². The third kappa shape index (κ3) is 8.51. The van der Waals surface area contributed by atoms with Crippen molar-refractivity contribution >= 4 is 22.0 Å². The number of amides is 2. The summed E-state index contributed by atoms with van der Waals surface area (Å²) in [7, 11) is -3.40. The van der Waals surface area contributed by atoms with Crippen LogP contribution in [0.4, 0.5) is 4.79 Å². The lowest BCUT2D eigenvalue weighted by atomic mass is 9.99. The average molecular weight is 323 g/mol. The van der Waals surface area contributed by atoms with E-state index >= 15 is 0 Å². The molecule has 0 spiro atoms. The van der Waals surface area contributed by atoms with Gasteiger partial charge in [0.1, 0.15) is 6.04 Å². The topological polar surface area (TPSA) is 125 Å². The van der Waals surface area contributed by atoms with Crippen LogP contribution in [0.15, 0.2) is 0 Å². The van der Waals surface area contributed by atoms with E-state index in [1.54, 1.807) is 20.8 Å². The highest BCUT2D eigenvalue weighted by molar-refractivity contribution is 7.88. The Hall–Kier alpha value is -1.35. The standard InChI is InChI=1S/C12H25N3O5S/c1-6-8(2)9(10(16)17)14-11(18)13-7-12(3,4)15-21(5,19)20/h8-9,15H,6-7H2,1-5H3,(H,16,17)(H2,13,14,18). The number of carbonyl (C=O) groups is 2. The number of sulfonamides is 1. The zero-order valence-corrected chi connectivity index (χ0v) is 13.9. The molecular formula is C12H25N3O5S. The highest BCUT2D eigenvalue weighted by Gasteiger charge is 2.27. The van der Waals surface area contributed by atoms with Crippen LogP contribution in [0.2, 0.25) is 0 Å². The lowest BCUT2D eigenvalue weighted by Gasteiger charge is -2.26. The second-order valence-electron chi connectivity index (χ2n) is 5.79. The van der Waals surface area contributed by atoms with Crippen LogP contribution in [0.5, 0.6) is 0 Å². The Morgan fingerprint density at radius 1 is 1.29 bits per heavy atom. The number of carbonyl (C=O) groups excluding carboxylic acids is 1. The van der Waals surface area contributed by atoms with E-state index in [2.05, 4.69) is 15.4 Å². The maximum absolute atomic E-state index is 11.7. The van der Waals surface area contributed by atoms with E-state index in [9.17, 15) is 18.0 Å². The first-order valence-electron chi connectivity index (χ1n) is 6.64. The van der Waals surface area contributed by atoms with Gasteiger partial charge in [-0.05, 0) is 19.8 Å². The van der Waals surface area contributed by atoms with E-state index < -0.39 is 33.6 Å². The first kappa shape index (κ1) is 19.7. The van der Waals surface area contributed by atoms with Crippen LogP contribution in [0, 0.1) is 5.92 Å². The number of nitrogens with one attached hydrogen (secondary N) is 3. The van der Waals surface area contributed by atoms with Gasteiger partial charge in [0.15, 0.2) is 0 Å². The average Bonchev–Trinajstić information content (AvgIpc) is 2.29. The summed E-state index contributed by atoms with van der Waals surface area (Å²) in [5.74, 6) is -1.32. The summed E-state index contributed by atoms with van der Waals surface area (Å²) in [6.45, 7) is 6.81. The number of hydrogen-bond acceptors (Lipinski definition) is 4. The molecule has 0 radical (unpaired) electrons. The normalized spacial score (nSPS) is 15.1. The third-order valence-corrected chi connectivity index (χ3v) is 3.84. The summed E-state index contributed by atoms with van der Waals surface area (Å²) in [6, 6.07) is -1.63. The van der Waals surface area contributed by atoms with Gasteiger partial charge < -0.3 is 15.7 Å². The molecule has 0 saturated heterocycles. The lowest BCUT2D eigenvalue weighted by Crippen LogP contribution is -2.55. The predicted molar refractivity (Wildman–Crippen MR) is 79.5 cm³/mol. The van der Waals surface area contributed by atoms with Gasteiger partial charge in [-0.15, -0.1) is 0 Å². The molecule has 2 amide bonds. The quantitative estimate of drug-likeness (QED) is 0.505.